The minimum absolute atomic E-state index is 0.126. The van der Waals surface area contributed by atoms with Crippen molar-refractivity contribution in [3.8, 4) is 0 Å². The molecule has 1 aliphatic carbocycles. The van der Waals surface area contributed by atoms with Crippen molar-refractivity contribution in [1.29, 1.82) is 0 Å². The Labute approximate surface area is 134 Å². The Morgan fingerprint density at radius 2 is 2.00 bits per heavy atom. The van der Waals surface area contributed by atoms with Gasteiger partial charge >= 0.3 is 0 Å². The Morgan fingerprint density at radius 1 is 1.38 bits per heavy atom. The van der Waals surface area contributed by atoms with E-state index < -0.39 is 9.05 Å². The van der Waals surface area contributed by atoms with E-state index in [-0.39, 0.29) is 26.8 Å². The normalized spacial score (nSPS) is 16.6. The van der Waals surface area contributed by atoms with E-state index >= 15 is 0 Å². The van der Waals surface area contributed by atoms with Crippen LogP contribution in [0.4, 0.5) is 0 Å². The van der Waals surface area contributed by atoms with Gasteiger partial charge < -0.3 is 5.32 Å². The smallest absolute Gasteiger partial charge is 0.261 e. The third kappa shape index (κ3) is 3.71. The maximum absolute atomic E-state index is 12.2. The molecule has 1 aromatic rings. The maximum Gasteiger partial charge on any atom is 0.261 e. The highest BCUT2D eigenvalue weighted by Crippen LogP contribution is 2.47. The number of benzene rings is 1. The van der Waals surface area contributed by atoms with E-state index in [0.717, 1.165) is 19.3 Å². The van der Waals surface area contributed by atoms with Crippen LogP contribution >= 0.6 is 22.3 Å². The molecule has 1 N–H and O–H groups in total. The molecule has 0 aromatic heterocycles. The summed E-state index contributed by atoms with van der Waals surface area (Å²) in [6, 6.07) is 2.73. The average Bonchev–Trinajstić information content (AvgIpc) is 3.18. The lowest BCUT2D eigenvalue weighted by Crippen LogP contribution is -2.30. The first kappa shape index (κ1) is 16.6. The Morgan fingerprint density at radius 3 is 2.48 bits per heavy atom. The van der Waals surface area contributed by atoms with Crippen molar-refractivity contribution < 1.29 is 13.2 Å². The summed E-state index contributed by atoms with van der Waals surface area (Å²) in [5.74, 6) is -0.335. The maximum atomic E-state index is 12.2. The molecule has 1 saturated carbocycles. The third-order valence-electron chi connectivity index (χ3n) is 4.15. The number of amides is 1. The van der Waals surface area contributed by atoms with Gasteiger partial charge in [-0.1, -0.05) is 18.5 Å². The molecule has 1 aliphatic rings. The lowest BCUT2D eigenvalue weighted by atomic mass is 10.0. The monoisotopic (exact) mass is 349 g/mol. The van der Waals surface area contributed by atoms with Gasteiger partial charge in [-0.25, -0.2) is 8.42 Å². The lowest BCUT2D eigenvalue weighted by molar-refractivity contribution is 0.0944. The van der Waals surface area contributed by atoms with Crippen molar-refractivity contribution in [2.45, 2.75) is 38.0 Å². The molecule has 0 saturated heterocycles. The van der Waals surface area contributed by atoms with Crippen LogP contribution < -0.4 is 5.32 Å². The Bertz CT molecular complexity index is 682. The van der Waals surface area contributed by atoms with Gasteiger partial charge in [0.25, 0.3) is 15.0 Å². The van der Waals surface area contributed by atoms with Gasteiger partial charge in [-0.05, 0) is 49.3 Å². The van der Waals surface area contributed by atoms with E-state index in [1.165, 1.54) is 12.1 Å². The summed E-state index contributed by atoms with van der Waals surface area (Å²) in [5.41, 5.74) is 0.762. The standard InChI is InChI=1S/C14H17Cl2NO3S/c1-3-14(4-5-14)8-17-13(18)10-6-11(15)9(2)12(7-10)21(16,19)20/h6-7H,3-5,8H2,1-2H3,(H,17,18). The number of halogens is 2. The van der Waals surface area contributed by atoms with Gasteiger partial charge in [0.05, 0.1) is 4.90 Å². The number of hydrogen-bond acceptors (Lipinski definition) is 3. The zero-order chi connectivity index (χ0) is 15.8. The number of carbonyl (C=O) groups is 1. The molecule has 0 unspecified atom stereocenters. The van der Waals surface area contributed by atoms with Gasteiger partial charge in [-0.2, -0.15) is 0 Å². The van der Waals surface area contributed by atoms with E-state index in [1.54, 1.807) is 6.92 Å². The molecule has 116 valence electrons. The quantitative estimate of drug-likeness (QED) is 0.827. The van der Waals surface area contributed by atoms with E-state index in [0.29, 0.717) is 12.1 Å². The fourth-order valence-corrected chi connectivity index (χ4v) is 3.74. The predicted octanol–water partition coefficient (Wildman–Crippen LogP) is 3.50. The minimum Gasteiger partial charge on any atom is -0.351 e. The van der Waals surface area contributed by atoms with E-state index in [4.69, 9.17) is 22.3 Å². The van der Waals surface area contributed by atoms with Crippen molar-refractivity contribution in [3.63, 3.8) is 0 Å². The molecular formula is C14H17Cl2NO3S. The Hall–Kier alpha value is -0.780. The summed E-state index contributed by atoms with van der Waals surface area (Å²) in [7, 11) is 1.44. The van der Waals surface area contributed by atoms with E-state index in [9.17, 15) is 13.2 Å². The molecule has 21 heavy (non-hydrogen) atoms. The molecule has 1 amide bonds. The molecular weight excluding hydrogens is 333 g/mol. The van der Waals surface area contributed by atoms with Crippen LogP contribution in [-0.2, 0) is 9.05 Å². The molecule has 1 fully saturated rings. The molecule has 7 heteroatoms. The zero-order valence-corrected chi connectivity index (χ0v) is 14.2. The van der Waals surface area contributed by atoms with Crippen molar-refractivity contribution in [2.75, 3.05) is 6.54 Å². The van der Waals surface area contributed by atoms with E-state index in [2.05, 4.69) is 12.2 Å². The van der Waals surface area contributed by atoms with Crippen LogP contribution in [0.2, 0.25) is 5.02 Å². The van der Waals surface area contributed by atoms with Crippen molar-refractivity contribution in [2.24, 2.45) is 5.41 Å². The SMILES string of the molecule is CCC1(CNC(=O)c2cc(Cl)c(C)c(S(=O)(=O)Cl)c2)CC1. The van der Waals surface area contributed by atoms with Crippen LogP contribution in [0, 0.1) is 12.3 Å². The summed E-state index contributed by atoms with van der Waals surface area (Å²) in [5, 5.41) is 3.05. The molecule has 0 atom stereocenters. The topological polar surface area (TPSA) is 63.2 Å². The molecule has 0 heterocycles. The fraction of sp³-hybridized carbons (Fsp3) is 0.500. The van der Waals surface area contributed by atoms with Gasteiger partial charge in [0.15, 0.2) is 0 Å². The average molecular weight is 350 g/mol. The molecule has 0 radical (unpaired) electrons. The van der Waals surface area contributed by atoms with Gasteiger partial charge in [-0.3, -0.25) is 4.79 Å². The van der Waals surface area contributed by atoms with Crippen LogP contribution in [0.5, 0.6) is 0 Å². The number of nitrogens with one attached hydrogen (secondary N) is 1. The summed E-state index contributed by atoms with van der Waals surface area (Å²) in [4.78, 5) is 12.0. The highest BCUT2D eigenvalue weighted by atomic mass is 35.7. The largest absolute Gasteiger partial charge is 0.351 e. The summed E-state index contributed by atoms with van der Waals surface area (Å²) in [6.45, 7) is 4.24. The number of carbonyl (C=O) groups excluding carboxylic acids is 1. The number of hydrogen-bond donors (Lipinski definition) is 1. The first-order chi connectivity index (χ1) is 9.68. The summed E-state index contributed by atoms with van der Waals surface area (Å²) >= 11 is 6.00. The van der Waals surface area contributed by atoms with Gasteiger partial charge in [0.1, 0.15) is 0 Å². The van der Waals surface area contributed by atoms with Crippen LogP contribution in [0.15, 0.2) is 17.0 Å². The Kier molecular flexibility index (Phi) is 4.57. The fourth-order valence-electron chi connectivity index (χ4n) is 2.24. The van der Waals surface area contributed by atoms with Gasteiger partial charge in [0.2, 0.25) is 0 Å². The minimum atomic E-state index is -3.94. The van der Waals surface area contributed by atoms with Crippen LogP contribution in [0.25, 0.3) is 0 Å². The zero-order valence-electron chi connectivity index (χ0n) is 11.9. The number of rotatable bonds is 5. The molecule has 0 aliphatic heterocycles. The van der Waals surface area contributed by atoms with Crippen molar-refractivity contribution >= 4 is 37.2 Å². The second-order valence-electron chi connectivity index (χ2n) is 5.56. The predicted molar refractivity (Wildman–Crippen MR) is 83.5 cm³/mol. The summed E-state index contributed by atoms with van der Waals surface area (Å²) in [6.07, 6.45) is 3.24. The lowest BCUT2D eigenvalue weighted by Gasteiger charge is -2.14. The van der Waals surface area contributed by atoms with Crippen molar-refractivity contribution in [3.05, 3.63) is 28.3 Å². The first-order valence-corrected chi connectivity index (χ1v) is 9.40. The van der Waals surface area contributed by atoms with Gasteiger partial charge in [0, 0.05) is 27.8 Å². The van der Waals surface area contributed by atoms with Crippen LogP contribution in [0.1, 0.15) is 42.1 Å². The third-order valence-corrected chi connectivity index (χ3v) is 5.99. The highest BCUT2D eigenvalue weighted by molar-refractivity contribution is 8.13. The molecule has 0 spiro atoms. The van der Waals surface area contributed by atoms with Gasteiger partial charge in [-0.15, -0.1) is 0 Å². The molecule has 1 aromatic carbocycles. The first-order valence-electron chi connectivity index (χ1n) is 6.71. The van der Waals surface area contributed by atoms with E-state index in [1.807, 2.05) is 0 Å². The Balaban J connectivity index is 2.24. The van der Waals surface area contributed by atoms with Crippen LogP contribution in [-0.4, -0.2) is 20.9 Å². The van der Waals surface area contributed by atoms with Crippen LogP contribution in [0.3, 0.4) is 0 Å². The van der Waals surface area contributed by atoms with Crippen molar-refractivity contribution in [1.82, 2.24) is 5.32 Å². The second kappa shape index (κ2) is 5.78. The molecule has 4 nitrogen and oxygen atoms in total. The highest BCUT2D eigenvalue weighted by Gasteiger charge is 2.40. The molecule has 2 rings (SSSR count). The summed E-state index contributed by atoms with van der Waals surface area (Å²) < 4.78 is 23.1. The second-order valence-corrected chi connectivity index (χ2v) is 8.50. The molecule has 0 bridgehead atoms.